The van der Waals surface area contributed by atoms with E-state index in [1.807, 2.05) is 6.92 Å². The van der Waals surface area contributed by atoms with Crippen LogP contribution in [0.2, 0.25) is 0 Å². The first-order valence-corrected chi connectivity index (χ1v) is 5.47. The van der Waals surface area contributed by atoms with Crippen LogP contribution in [0.5, 0.6) is 0 Å². The van der Waals surface area contributed by atoms with Crippen LogP contribution in [0.25, 0.3) is 0 Å². The summed E-state index contributed by atoms with van der Waals surface area (Å²) in [4.78, 5) is 13.5. The highest BCUT2D eigenvalue weighted by Crippen LogP contribution is 2.12. The van der Waals surface area contributed by atoms with E-state index < -0.39 is 0 Å². The van der Waals surface area contributed by atoms with Crippen molar-refractivity contribution in [1.29, 1.82) is 5.26 Å². The molecule has 1 amide bonds. The largest absolute Gasteiger partial charge is 0.396 e. The standard InChI is InChI=1S/C11H17N5O/c1-4-16-7-9(13)10(14-16)11(17)15(3)6-8(2)5-12/h7-8H,4,6,13H2,1-3H3. The molecule has 6 heteroatoms. The monoisotopic (exact) mass is 235 g/mol. The minimum atomic E-state index is -0.253. The van der Waals surface area contributed by atoms with Gasteiger partial charge in [-0.3, -0.25) is 9.48 Å². The molecule has 1 aromatic rings. The van der Waals surface area contributed by atoms with Crippen molar-refractivity contribution in [3.63, 3.8) is 0 Å². The van der Waals surface area contributed by atoms with Gasteiger partial charge in [0, 0.05) is 26.3 Å². The van der Waals surface area contributed by atoms with E-state index in [-0.39, 0.29) is 17.5 Å². The number of hydrogen-bond donors (Lipinski definition) is 1. The second kappa shape index (κ2) is 5.34. The van der Waals surface area contributed by atoms with E-state index in [1.54, 1.807) is 24.9 Å². The fourth-order valence-corrected chi connectivity index (χ4v) is 1.48. The third-order valence-electron chi connectivity index (χ3n) is 2.43. The fourth-order valence-electron chi connectivity index (χ4n) is 1.48. The van der Waals surface area contributed by atoms with Crippen LogP contribution in [0.4, 0.5) is 5.69 Å². The van der Waals surface area contributed by atoms with Crippen molar-refractivity contribution in [2.45, 2.75) is 20.4 Å². The number of nitrogen functional groups attached to an aromatic ring is 1. The quantitative estimate of drug-likeness (QED) is 0.832. The van der Waals surface area contributed by atoms with Crippen LogP contribution < -0.4 is 5.73 Å². The van der Waals surface area contributed by atoms with E-state index in [4.69, 9.17) is 11.0 Å². The minimum Gasteiger partial charge on any atom is -0.396 e. The number of aromatic nitrogens is 2. The molecule has 1 heterocycles. The third kappa shape index (κ3) is 2.97. The normalized spacial score (nSPS) is 11.9. The van der Waals surface area contributed by atoms with Gasteiger partial charge in [-0.1, -0.05) is 0 Å². The number of aryl methyl sites for hydroxylation is 1. The molecule has 1 aromatic heterocycles. The molecule has 0 aliphatic rings. The lowest BCUT2D eigenvalue weighted by Gasteiger charge is -2.17. The Labute approximate surface area is 101 Å². The summed E-state index contributed by atoms with van der Waals surface area (Å²) < 4.78 is 1.62. The molecule has 1 rings (SSSR count). The lowest BCUT2D eigenvalue weighted by Crippen LogP contribution is -2.31. The molecule has 0 aromatic carbocycles. The van der Waals surface area contributed by atoms with Crippen LogP contribution in [0, 0.1) is 17.2 Å². The van der Waals surface area contributed by atoms with E-state index in [2.05, 4.69) is 11.2 Å². The molecular weight excluding hydrogens is 218 g/mol. The van der Waals surface area contributed by atoms with Crippen molar-refractivity contribution in [2.75, 3.05) is 19.3 Å². The molecule has 0 saturated heterocycles. The second-order valence-corrected chi connectivity index (χ2v) is 4.00. The van der Waals surface area contributed by atoms with Gasteiger partial charge >= 0.3 is 0 Å². The summed E-state index contributed by atoms with van der Waals surface area (Å²) >= 11 is 0. The van der Waals surface area contributed by atoms with Crippen molar-refractivity contribution >= 4 is 11.6 Å². The molecule has 0 fully saturated rings. The van der Waals surface area contributed by atoms with Gasteiger partial charge in [0.15, 0.2) is 5.69 Å². The van der Waals surface area contributed by atoms with E-state index in [1.165, 1.54) is 4.90 Å². The van der Waals surface area contributed by atoms with Crippen LogP contribution >= 0.6 is 0 Å². The molecule has 1 atom stereocenters. The Balaban J connectivity index is 2.82. The number of carbonyl (C=O) groups excluding carboxylic acids is 1. The summed E-state index contributed by atoms with van der Waals surface area (Å²) in [7, 11) is 1.64. The van der Waals surface area contributed by atoms with Gasteiger partial charge < -0.3 is 10.6 Å². The lowest BCUT2D eigenvalue weighted by molar-refractivity contribution is 0.0779. The second-order valence-electron chi connectivity index (χ2n) is 4.00. The maximum absolute atomic E-state index is 12.0. The summed E-state index contributed by atoms with van der Waals surface area (Å²) in [6.45, 7) is 4.71. The van der Waals surface area contributed by atoms with Crippen LogP contribution in [0.15, 0.2) is 6.20 Å². The fraction of sp³-hybridized carbons (Fsp3) is 0.545. The lowest BCUT2D eigenvalue weighted by atomic mass is 10.2. The Kier molecular flexibility index (Phi) is 4.10. The average Bonchev–Trinajstić information content (AvgIpc) is 2.69. The van der Waals surface area contributed by atoms with Gasteiger partial charge in [0.1, 0.15) is 0 Å². The Morgan fingerprint density at radius 3 is 2.88 bits per heavy atom. The number of nitriles is 1. The highest BCUT2D eigenvalue weighted by atomic mass is 16.2. The highest BCUT2D eigenvalue weighted by molar-refractivity contribution is 5.96. The number of anilines is 1. The summed E-state index contributed by atoms with van der Waals surface area (Å²) in [5.41, 5.74) is 6.34. The predicted octanol–water partition coefficient (Wildman–Crippen LogP) is 0.717. The molecule has 2 N–H and O–H groups in total. The van der Waals surface area contributed by atoms with Gasteiger partial charge in [-0.05, 0) is 13.8 Å². The molecule has 92 valence electrons. The van der Waals surface area contributed by atoms with Gasteiger partial charge in [-0.25, -0.2) is 0 Å². The first-order chi connectivity index (χ1) is 7.99. The van der Waals surface area contributed by atoms with Gasteiger partial charge in [-0.15, -0.1) is 0 Å². The predicted molar refractivity (Wildman–Crippen MR) is 64.1 cm³/mol. The van der Waals surface area contributed by atoms with Crippen molar-refractivity contribution in [3.05, 3.63) is 11.9 Å². The zero-order valence-corrected chi connectivity index (χ0v) is 10.3. The number of rotatable bonds is 4. The Morgan fingerprint density at radius 2 is 2.41 bits per heavy atom. The summed E-state index contributed by atoms with van der Waals surface area (Å²) in [6.07, 6.45) is 1.63. The topological polar surface area (TPSA) is 87.9 Å². The number of hydrogen-bond acceptors (Lipinski definition) is 4. The molecule has 6 nitrogen and oxygen atoms in total. The number of carbonyl (C=O) groups is 1. The summed E-state index contributed by atoms with van der Waals surface area (Å²) in [5.74, 6) is -0.463. The Hall–Kier alpha value is -2.03. The van der Waals surface area contributed by atoms with Gasteiger partial charge in [0.05, 0.1) is 17.7 Å². The maximum Gasteiger partial charge on any atom is 0.276 e. The van der Waals surface area contributed by atoms with Crippen LogP contribution in [-0.2, 0) is 6.54 Å². The molecule has 0 radical (unpaired) electrons. The molecule has 0 aliphatic carbocycles. The molecule has 0 bridgehead atoms. The van der Waals surface area contributed by atoms with Crippen molar-refractivity contribution in [2.24, 2.45) is 5.92 Å². The van der Waals surface area contributed by atoms with Crippen LogP contribution in [-0.4, -0.2) is 34.2 Å². The number of amides is 1. The molecule has 17 heavy (non-hydrogen) atoms. The SMILES string of the molecule is CCn1cc(N)c(C(=O)N(C)CC(C)C#N)n1. The van der Waals surface area contributed by atoms with Crippen molar-refractivity contribution < 1.29 is 4.79 Å². The van der Waals surface area contributed by atoms with E-state index in [0.717, 1.165) is 0 Å². The van der Waals surface area contributed by atoms with Gasteiger partial charge in [-0.2, -0.15) is 10.4 Å². The van der Waals surface area contributed by atoms with Crippen molar-refractivity contribution in [1.82, 2.24) is 14.7 Å². The molecule has 1 unspecified atom stereocenters. The molecular formula is C11H17N5O. The zero-order valence-electron chi connectivity index (χ0n) is 10.3. The van der Waals surface area contributed by atoms with Crippen molar-refractivity contribution in [3.8, 4) is 6.07 Å². The summed E-state index contributed by atoms with van der Waals surface area (Å²) in [5, 5.41) is 12.8. The maximum atomic E-state index is 12.0. The Bertz CT molecular complexity index is 445. The molecule has 0 aliphatic heterocycles. The molecule has 0 spiro atoms. The van der Waals surface area contributed by atoms with Gasteiger partial charge in [0.25, 0.3) is 5.91 Å². The highest BCUT2D eigenvalue weighted by Gasteiger charge is 2.19. The van der Waals surface area contributed by atoms with E-state index in [9.17, 15) is 4.79 Å². The molecule has 0 saturated carbocycles. The van der Waals surface area contributed by atoms with E-state index in [0.29, 0.717) is 18.8 Å². The number of nitrogens with zero attached hydrogens (tertiary/aromatic N) is 4. The Morgan fingerprint density at radius 1 is 1.76 bits per heavy atom. The van der Waals surface area contributed by atoms with E-state index >= 15 is 0 Å². The van der Waals surface area contributed by atoms with Crippen LogP contribution in [0.3, 0.4) is 0 Å². The van der Waals surface area contributed by atoms with Crippen LogP contribution in [0.1, 0.15) is 24.3 Å². The smallest absolute Gasteiger partial charge is 0.276 e. The minimum absolute atomic E-state index is 0.210. The first-order valence-electron chi connectivity index (χ1n) is 5.47. The third-order valence-corrected chi connectivity index (χ3v) is 2.43. The first kappa shape index (κ1) is 13.0. The average molecular weight is 235 g/mol. The number of nitrogens with two attached hydrogens (primary N) is 1. The summed E-state index contributed by atoms with van der Waals surface area (Å²) in [6, 6.07) is 2.08. The van der Waals surface area contributed by atoms with Gasteiger partial charge in [0.2, 0.25) is 0 Å². The zero-order chi connectivity index (χ0) is 13.0.